The van der Waals surface area contributed by atoms with Crippen LogP contribution in [0.15, 0.2) is 43.0 Å². The van der Waals surface area contributed by atoms with Crippen LogP contribution in [0.1, 0.15) is 6.92 Å². The fraction of sp³-hybridized carbons (Fsp3) is 0.333. The first-order valence-corrected chi connectivity index (χ1v) is 6.82. The highest BCUT2D eigenvalue weighted by Gasteiger charge is 2.07. The number of imidazole rings is 1. The zero-order chi connectivity index (χ0) is 15.1. The Morgan fingerprint density at radius 1 is 1.48 bits per heavy atom. The molecule has 0 fully saturated rings. The number of carbonyl (C=O) groups is 1. The first kappa shape index (κ1) is 14.9. The van der Waals surface area contributed by atoms with E-state index in [1.54, 1.807) is 25.7 Å². The molecule has 0 radical (unpaired) electrons. The number of hydrogen-bond donors (Lipinski definition) is 2. The van der Waals surface area contributed by atoms with Gasteiger partial charge in [-0.15, -0.1) is 0 Å². The first-order valence-electron chi connectivity index (χ1n) is 6.82. The summed E-state index contributed by atoms with van der Waals surface area (Å²) in [4.78, 5) is 15.8. The van der Waals surface area contributed by atoms with Gasteiger partial charge >= 0.3 is 6.03 Å². The summed E-state index contributed by atoms with van der Waals surface area (Å²) in [6.45, 7) is 3.49. The average Bonchev–Trinajstić information content (AvgIpc) is 2.98. The van der Waals surface area contributed by atoms with Gasteiger partial charge in [-0.3, -0.25) is 0 Å². The highest BCUT2D eigenvalue weighted by Crippen LogP contribution is 2.16. The molecule has 0 saturated heterocycles. The monoisotopic (exact) mass is 288 g/mol. The summed E-state index contributed by atoms with van der Waals surface area (Å²) in [5.41, 5.74) is 0.703. The second-order valence-electron chi connectivity index (χ2n) is 4.93. The molecule has 0 spiro atoms. The minimum absolute atomic E-state index is 0.222. The fourth-order valence-electron chi connectivity index (χ4n) is 1.96. The Morgan fingerprint density at radius 3 is 3.05 bits per heavy atom. The van der Waals surface area contributed by atoms with E-state index in [1.807, 2.05) is 29.0 Å². The van der Waals surface area contributed by atoms with Crippen LogP contribution in [-0.2, 0) is 6.54 Å². The summed E-state index contributed by atoms with van der Waals surface area (Å²) in [6.07, 6.45) is 5.43. The van der Waals surface area contributed by atoms with Crippen LogP contribution in [0.4, 0.5) is 10.5 Å². The van der Waals surface area contributed by atoms with Crippen LogP contribution in [0.25, 0.3) is 0 Å². The number of rotatable bonds is 6. The molecule has 2 amide bonds. The van der Waals surface area contributed by atoms with E-state index in [0.717, 1.165) is 6.54 Å². The Hall–Kier alpha value is -2.50. The topological polar surface area (TPSA) is 68.2 Å². The van der Waals surface area contributed by atoms with E-state index in [-0.39, 0.29) is 6.03 Å². The molecule has 1 aromatic heterocycles. The summed E-state index contributed by atoms with van der Waals surface area (Å²) < 4.78 is 7.11. The van der Waals surface area contributed by atoms with E-state index in [1.165, 1.54) is 0 Å². The predicted octanol–water partition coefficient (Wildman–Crippen LogP) is 2.35. The number of aromatic nitrogens is 2. The Bertz CT molecular complexity index is 569. The smallest absolute Gasteiger partial charge is 0.319 e. The van der Waals surface area contributed by atoms with Crippen molar-refractivity contribution in [1.29, 1.82) is 0 Å². The van der Waals surface area contributed by atoms with Gasteiger partial charge in [0.25, 0.3) is 0 Å². The molecule has 1 heterocycles. The van der Waals surface area contributed by atoms with Crippen LogP contribution < -0.4 is 15.4 Å². The number of anilines is 1. The van der Waals surface area contributed by atoms with Crippen molar-refractivity contribution in [2.75, 3.05) is 19.0 Å². The Morgan fingerprint density at radius 2 is 2.33 bits per heavy atom. The van der Waals surface area contributed by atoms with E-state index in [4.69, 9.17) is 4.74 Å². The number of methoxy groups -OCH3 is 1. The maximum absolute atomic E-state index is 11.8. The van der Waals surface area contributed by atoms with Crippen molar-refractivity contribution < 1.29 is 9.53 Å². The predicted molar refractivity (Wildman–Crippen MR) is 81.4 cm³/mol. The molecular weight excluding hydrogens is 268 g/mol. The van der Waals surface area contributed by atoms with E-state index in [2.05, 4.69) is 22.5 Å². The maximum atomic E-state index is 11.8. The van der Waals surface area contributed by atoms with Crippen molar-refractivity contribution in [2.45, 2.75) is 13.5 Å². The highest BCUT2D eigenvalue weighted by atomic mass is 16.5. The molecule has 0 aliphatic heterocycles. The third-order valence-electron chi connectivity index (χ3n) is 3.02. The standard InChI is InChI=1S/C15H20N4O2/c1-12(10-19-7-6-16-11-19)9-17-15(20)18-13-4-3-5-14(8-13)21-2/h3-8,11-12H,9-10H2,1-2H3,(H2,17,18,20)/t12-/m0/s1. The summed E-state index contributed by atoms with van der Waals surface area (Å²) in [7, 11) is 1.59. The number of nitrogens with one attached hydrogen (secondary N) is 2. The van der Waals surface area contributed by atoms with Crippen LogP contribution in [0, 0.1) is 5.92 Å². The minimum atomic E-state index is -0.222. The van der Waals surface area contributed by atoms with Gasteiger partial charge in [0.2, 0.25) is 0 Å². The van der Waals surface area contributed by atoms with E-state index in [0.29, 0.717) is 23.9 Å². The molecule has 0 saturated carbocycles. The molecule has 112 valence electrons. The number of ether oxygens (including phenoxy) is 1. The van der Waals surface area contributed by atoms with Crippen LogP contribution in [0.2, 0.25) is 0 Å². The molecule has 1 atom stereocenters. The van der Waals surface area contributed by atoms with Gasteiger partial charge in [-0.25, -0.2) is 9.78 Å². The van der Waals surface area contributed by atoms with E-state index in [9.17, 15) is 4.79 Å². The van der Waals surface area contributed by atoms with Crippen LogP contribution in [-0.4, -0.2) is 29.2 Å². The van der Waals surface area contributed by atoms with Crippen LogP contribution in [0.5, 0.6) is 5.75 Å². The number of carbonyl (C=O) groups excluding carboxylic acids is 1. The Labute approximate surface area is 124 Å². The van der Waals surface area contributed by atoms with Crippen molar-refractivity contribution in [3.63, 3.8) is 0 Å². The second-order valence-corrected chi connectivity index (χ2v) is 4.93. The largest absolute Gasteiger partial charge is 0.497 e. The van der Waals surface area contributed by atoms with Gasteiger partial charge in [-0.1, -0.05) is 13.0 Å². The highest BCUT2D eigenvalue weighted by molar-refractivity contribution is 5.89. The van der Waals surface area contributed by atoms with Crippen molar-refractivity contribution in [1.82, 2.24) is 14.9 Å². The van der Waals surface area contributed by atoms with Gasteiger partial charge in [0.1, 0.15) is 5.75 Å². The van der Waals surface area contributed by atoms with Crippen molar-refractivity contribution in [3.8, 4) is 5.75 Å². The molecule has 0 unspecified atom stereocenters. The van der Waals surface area contributed by atoms with Crippen molar-refractivity contribution >= 4 is 11.7 Å². The van der Waals surface area contributed by atoms with Gasteiger partial charge in [-0.2, -0.15) is 0 Å². The van der Waals surface area contributed by atoms with Gasteiger partial charge < -0.3 is 19.9 Å². The van der Waals surface area contributed by atoms with Crippen molar-refractivity contribution in [3.05, 3.63) is 43.0 Å². The lowest BCUT2D eigenvalue weighted by atomic mass is 10.2. The molecule has 2 aromatic rings. The molecule has 21 heavy (non-hydrogen) atoms. The maximum Gasteiger partial charge on any atom is 0.319 e. The Balaban J connectivity index is 1.76. The number of urea groups is 1. The molecule has 0 aliphatic carbocycles. The molecule has 6 heteroatoms. The summed E-state index contributed by atoms with van der Waals surface area (Å²) >= 11 is 0. The minimum Gasteiger partial charge on any atom is -0.497 e. The van der Waals surface area contributed by atoms with Gasteiger partial charge in [0, 0.05) is 37.2 Å². The van der Waals surface area contributed by atoms with Gasteiger partial charge in [0.15, 0.2) is 0 Å². The van der Waals surface area contributed by atoms with Crippen LogP contribution in [0.3, 0.4) is 0 Å². The zero-order valence-electron chi connectivity index (χ0n) is 12.2. The lowest BCUT2D eigenvalue weighted by Gasteiger charge is -2.14. The molecule has 2 N–H and O–H groups in total. The van der Waals surface area contributed by atoms with Crippen LogP contribution >= 0.6 is 0 Å². The molecular formula is C15H20N4O2. The lowest BCUT2D eigenvalue weighted by molar-refractivity contribution is 0.250. The normalized spacial score (nSPS) is 11.7. The summed E-state index contributed by atoms with van der Waals surface area (Å²) in [6, 6.07) is 7.03. The number of hydrogen-bond acceptors (Lipinski definition) is 3. The van der Waals surface area contributed by atoms with Gasteiger partial charge in [-0.05, 0) is 18.1 Å². The molecule has 1 aromatic carbocycles. The SMILES string of the molecule is COc1cccc(NC(=O)NC[C@H](C)Cn2ccnc2)c1. The first-order chi connectivity index (χ1) is 10.2. The fourth-order valence-corrected chi connectivity index (χ4v) is 1.96. The summed E-state index contributed by atoms with van der Waals surface area (Å²) in [5, 5.41) is 5.64. The van der Waals surface area contributed by atoms with Crippen molar-refractivity contribution in [2.24, 2.45) is 5.92 Å². The van der Waals surface area contributed by atoms with E-state index >= 15 is 0 Å². The average molecular weight is 288 g/mol. The molecule has 2 rings (SSSR count). The lowest BCUT2D eigenvalue weighted by Crippen LogP contribution is -2.33. The second kappa shape index (κ2) is 7.33. The number of nitrogens with zero attached hydrogens (tertiary/aromatic N) is 2. The quantitative estimate of drug-likeness (QED) is 0.857. The number of amides is 2. The third-order valence-corrected chi connectivity index (χ3v) is 3.02. The zero-order valence-corrected chi connectivity index (χ0v) is 12.2. The molecule has 6 nitrogen and oxygen atoms in total. The molecule has 0 bridgehead atoms. The summed E-state index contributed by atoms with van der Waals surface area (Å²) in [5.74, 6) is 1.02. The number of benzene rings is 1. The van der Waals surface area contributed by atoms with Gasteiger partial charge in [0.05, 0.1) is 13.4 Å². The molecule has 0 aliphatic rings. The Kier molecular flexibility index (Phi) is 5.20. The third kappa shape index (κ3) is 4.83. The van der Waals surface area contributed by atoms with E-state index < -0.39 is 0 Å².